The molecule has 0 atom stereocenters. The van der Waals surface area contributed by atoms with E-state index in [4.69, 9.17) is 20.4 Å². The molecule has 9 heteroatoms. The van der Waals surface area contributed by atoms with Crippen molar-refractivity contribution in [3.63, 3.8) is 0 Å². The Bertz CT molecular complexity index is 477. The second kappa shape index (κ2) is 20.5. The Hall–Kier alpha value is -1.84. The molecule has 27 heavy (non-hydrogen) atoms. The summed E-state index contributed by atoms with van der Waals surface area (Å²) in [6.45, 7) is 3.83. The van der Waals surface area contributed by atoms with Gasteiger partial charge in [0.05, 0.1) is 0 Å². The maximum atomic E-state index is 10.4. The first-order valence-corrected chi connectivity index (χ1v) is 14.2. The van der Waals surface area contributed by atoms with Gasteiger partial charge in [0, 0.05) is 23.3 Å². The van der Waals surface area contributed by atoms with Gasteiger partial charge in [0.2, 0.25) is 0 Å². The first kappa shape index (κ1) is 29.9. The number of carboxylic acids is 4. The van der Waals surface area contributed by atoms with Gasteiger partial charge in [-0.1, -0.05) is 26.7 Å². The van der Waals surface area contributed by atoms with Crippen molar-refractivity contribution in [2.75, 3.05) is 0 Å². The molecule has 8 nitrogen and oxygen atoms in total. The molecule has 0 amide bonds. The maximum absolute atomic E-state index is 10.4. The molecule has 0 spiro atoms. The molecule has 0 saturated heterocycles. The van der Waals surface area contributed by atoms with Gasteiger partial charge in [-0.25, -0.2) is 19.2 Å². The number of unbranched alkanes of at least 4 members (excludes halogenated alkanes) is 2. The van der Waals surface area contributed by atoms with E-state index in [1.54, 1.807) is 0 Å². The molecule has 0 aliphatic carbocycles. The standard InChI is InChI=1S/2C8H12O4.2CH3.Sn/c2*1-2-3-4-6(8(11)12)5-7(9)10;;;/h2*5H,2-4H2,1H3,(H,9,10)(H,11,12);2*1H3;/b2*6-5-;;;. The Morgan fingerprint density at radius 1 is 0.704 bits per heavy atom. The molecule has 0 aromatic rings. The molecular weight excluding hydrogens is 463 g/mol. The Kier molecular flexibility index (Phi) is 22.7. The Morgan fingerprint density at radius 3 is 1.11 bits per heavy atom. The van der Waals surface area contributed by atoms with E-state index in [9.17, 15) is 19.2 Å². The predicted molar refractivity (Wildman–Crippen MR) is 103 cm³/mol. The van der Waals surface area contributed by atoms with Crippen LogP contribution in [-0.4, -0.2) is 65.4 Å². The van der Waals surface area contributed by atoms with Crippen molar-refractivity contribution < 1.29 is 39.6 Å². The number of carbonyl (C=O) groups is 4. The molecule has 0 unspecified atom stereocenters. The summed E-state index contributed by atoms with van der Waals surface area (Å²) in [6, 6.07) is 0. The van der Waals surface area contributed by atoms with Gasteiger partial charge in [-0.05, 0) is 25.7 Å². The van der Waals surface area contributed by atoms with E-state index in [2.05, 4.69) is 9.88 Å². The van der Waals surface area contributed by atoms with Crippen LogP contribution in [0.4, 0.5) is 0 Å². The molecule has 0 aromatic carbocycles. The fraction of sp³-hybridized carbons (Fsp3) is 0.556. The van der Waals surface area contributed by atoms with Crippen LogP contribution in [0, 0.1) is 0 Å². The third-order valence-corrected chi connectivity index (χ3v) is 2.74. The number of carboxylic acid groups (broad SMARTS) is 4. The van der Waals surface area contributed by atoms with Gasteiger partial charge in [-0.15, -0.1) is 0 Å². The minimum atomic E-state index is -1.21. The van der Waals surface area contributed by atoms with E-state index in [0.717, 1.165) is 25.0 Å². The zero-order chi connectivity index (χ0) is 21.8. The summed E-state index contributed by atoms with van der Waals surface area (Å²) >= 11 is 0.230. The second-order valence-electron chi connectivity index (χ2n) is 5.33. The van der Waals surface area contributed by atoms with Crippen LogP contribution in [0.25, 0.3) is 0 Å². The summed E-state index contributed by atoms with van der Waals surface area (Å²) in [4.78, 5) is 45.7. The van der Waals surface area contributed by atoms with Crippen molar-refractivity contribution in [1.82, 2.24) is 0 Å². The summed E-state index contributed by atoms with van der Waals surface area (Å²) in [7, 11) is 0. The van der Waals surface area contributed by atoms with Gasteiger partial charge >= 0.3 is 54.9 Å². The molecule has 0 bridgehead atoms. The van der Waals surface area contributed by atoms with E-state index < -0.39 is 23.9 Å². The zero-order valence-electron chi connectivity index (χ0n) is 16.3. The molecule has 154 valence electrons. The molecule has 0 aliphatic heterocycles. The zero-order valence-corrected chi connectivity index (χ0v) is 19.2. The Balaban J connectivity index is -0.000000372. The van der Waals surface area contributed by atoms with Gasteiger partial charge in [0.25, 0.3) is 0 Å². The molecule has 0 rings (SSSR count). The number of aliphatic carboxylic acids is 4. The third-order valence-electron chi connectivity index (χ3n) is 2.74. The summed E-state index contributed by atoms with van der Waals surface area (Å²) < 4.78 is 0. The van der Waals surface area contributed by atoms with Crippen LogP contribution in [0.2, 0.25) is 9.88 Å². The van der Waals surface area contributed by atoms with Crippen molar-refractivity contribution in [2.45, 2.75) is 62.3 Å². The normalized spacial score (nSPS) is 10.7. The monoisotopic (exact) mass is 494 g/mol. The van der Waals surface area contributed by atoms with Crippen molar-refractivity contribution in [3.05, 3.63) is 23.3 Å². The molecule has 0 aliphatic rings. The molecule has 0 fully saturated rings. The molecule has 0 aromatic heterocycles. The summed E-state index contributed by atoms with van der Waals surface area (Å²) in [5, 5.41) is 33.6. The van der Waals surface area contributed by atoms with E-state index in [1.165, 1.54) is 0 Å². The minimum absolute atomic E-state index is 0.0376. The van der Waals surface area contributed by atoms with Gasteiger partial charge in [0.15, 0.2) is 0 Å². The fourth-order valence-corrected chi connectivity index (χ4v) is 1.51. The van der Waals surface area contributed by atoms with Crippen molar-refractivity contribution in [3.8, 4) is 0 Å². The SMILES string of the molecule is CCCC/C(=C/C(=O)O)C(=O)O.CCCC/C(=C/C(=O)O)C(=O)O.[CH3][Sn][CH3]. The number of hydrogen-bond donors (Lipinski definition) is 4. The number of rotatable bonds is 10. The van der Waals surface area contributed by atoms with E-state index >= 15 is 0 Å². The van der Waals surface area contributed by atoms with Crippen molar-refractivity contribution in [2.24, 2.45) is 0 Å². The average molecular weight is 493 g/mol. The molecule has 0 saturated carbocycles. The van der Waals surface area contributed by atoms with Gasteiger partial charge in [-0.3, -0.25) is 0 Å². The van der Waals surface area contributed by atoms with Crippen molar-refractivity contribution >= 4 is 45.0 Å². The predicted octanol–water partition coefficient (Wildman–Crippen LogP) is 3.33. The first-order chi connectivity index (χ1) is 12.6. The summed E-state index contributed by atoms with van der Waals surface area (Å²) in [5.41, 5.74) is -0.0753. The molecular formula is C18H30O8Sn. The quantitative estimate of drug-likeness (QED) is 0.268. The summed E-state index contributed by atoms with van der Waals surface area (Å²) in [6.07, 6.45) is 5.23. The fourth-order valence-electron chi connectivity index (χ4n) is 1.51. The van der Waals surface area contributed by atoms with Crippen LogP contribution in [0.5, 0.6) is 0 Å². The van der Waals surface area contributed by atoms with Crippen LogP contribution in [0.1, 0.15) is 52.4 Å². The van der Waals surface area contributed by atoms with Crippen LogP contribution < -0.4 is 0 Å². The number of hydrogen-bond acceptors (Lipinski definition) is 4. The Morgan fingerprint density at radius 2 is 0.963 bits per heavy atom. The topological polar surface area (TPSA) is 149 Å². The summed E-state index contributed by atoms with van der Waals surface area (Å²) in [5.74, 6) is -4.70. The van der Waals surface area contributed by atoms with Crippen molar-refractivity contribution in [1.29, 1.82) is 0 Å². The molecule has 2 radical (unpaired) electrons. The molecule has 0 heterocycles. The van der Waals surface area contributed by atoms with E-state index in [0.29, 0.717) is 25.7 Å². The van der Waals surface area contributed by atoms with Crippen LogP contribution in [-0.2, 0) is 19.2 Å². The average Bonchev–Trinajstić information content (AvgIpc) is 2.55. The van der Waals surface area contributed by atoms with Crippen LogP contribution in [0.15, 0.2) is 23.3 Å². The first-order valence-electron chi connectivity index (χ1n) is 8.49. The van der Waals surface area contributed by atoms with E-state index in [1.807, 2.05) is 13.8 Å². The van der Waals surface area contributed by atoms with Gasteiger partial charge < -0.3 is 20.4 Å². The van der Waals surface area contributed by atoms with Crippen LogP contribution >= 0.6 is 0 Å². The van der Waals surface area contributed by atoms with E-state index in [-0.39, 0.29) is 32.3 Å². The van der Waals surface area contributed by atoms with Crippen LogP contribution in [0.3, 0.4) is 0 Å². The van der Waals surface area contributed by atoms with Gasteiger partial charge in [0.1, 0.15) is 0 Å². The molecule has 4 N–H and O–H groups in total. The van der Waals surface area contributed by atoms with Gasteiger partial charge in [-0.2, -0.15) is 0 Å². The Labute approximate surface area is 170 Å². The third kappa shape index (κ3) is 24.2. The second-order valence-corrected chi connectivity index (χ2v) is 8.19.